The average molecular weight is 595 g/mol. The van der Waals surface area contributed by atoms with Gasteiger partial charge in [0.1, 0.15) is 17.5 Å². The largest absolute Gasteiger partial charge is 0.444 e. The molecule has 216 valence electrons. The topological polar surface area (TPSA) is 119 Å². The number of benzene rings is 2. The number of hydrogen-bond donors (Lipinski definition) is 1. The molecule has 0 bridgehead atoms. The van der Waals surface area contributed by atoms with E-state index in [1.165, 1.54) is 0 Å². The molecule has 2 amide bonds. The van der Waals surface area contributed by atoms with Crippen LogP contribution in [0.5, 0.6) is 0 Å². The van der Waals surface area contributed by atoms with E-state index in [9.17, 15) is 22.8 Å². The summed E-state index contributed by atoms with van der Waals surface area (Å²) in [4.78, 5) is 40.2. The number of fused-ring (bicyclic) bond motifs is 1. The molecule has 0 saturated carbocycles. The highest BCUT2D eigenvalue weighted by Gasteiger charge is 2.40. The van der Waals surface area contributed by atoms with Gasteiger partial charge in [0.2, 0.25) is 0 Å². The van der Waals surface area contributed by atoms with Gasteiger partial charge in [0.25, 0.3) is 5.91 Å². The van der Waals surface area contributed by atoms with Gasteiger partial charge in [-0.15, -0.1) is 0 Å². The van der Waals surface area contributed by atoms with Crippen LogP contribution in [0.15, 0.2) is 41.3 Å². The Labute approximate surface area is 237 Å². The molecule has 2 aliphatic rings. The highest BCUT2D eigenvalue weighted by Crippen LogP contribution is 2.35. The Morgan fingerprint density at radius 3 is 2.42 bits per heavy atom. The monoisotopic (exact) mass is 594 g/mol. The van der Waals surface area contributed by atoms with E-state index in [1.807, 2.05) is 0 Å². The van der Waals surface area contributed by atoms with Crippen LogP contribution in [0.4, 0.5) is 14.9 Å². The molecule has 0 spiro atoms. The zero-order valence-corrected chi connectivity index (χ0v) is 24.1. The minimum absolute atomic E-state index is 0.0115. The van der Waals surface area contributed by atoms with E-state index >= 15 is 4.39 Å². The molecule has 2 heterocycles. The molecule has 1 saturated heterocycles. The van der Waals surface area contributed by atoms with Crippen LogP contribution >= 0.6 is 11.6 Å². The van der Waals surface area contributed by atoms with E-state index in [2.05, 4.69) is 5.32 Å². The number of sulfone groups is 1. The van der Waals surface area contributed by atoms with Gasteiger partial charge in [-0.1, -0.05) is 23.7 Å². The number of carbonyl (C=O) groups is 3. The van der Waals surface area contributed by atoms with Crippen LogP contribution in [0.2, 0.25) is 5.02 Å². The Morgan fingerprint density at radius 2 is 1.80 bits per heavy atom. The lowest BCUT2D eigenvalue weighted by atomic mass is 9.91. The number of ketones is 1. The molecule has 1 N–H and O–H groups in total. The summed E-state index contributed by atoms with van der Waals surface area (Å²) in [6.45, 7) is 5.79. The molecule has 0 unspecified atom stereocenters. The molecule has 0 aromatic heterocycles. The predicted octanol–water partition coefficient (Wildman–Crippen LogP) is 4.69. The van der Waals surface area contributed by atoms with Gasteiger partial charge in [0, 0.05) is 24.7 Å². The van der Waals surface area contributed by atoms with Gasteiger partial charge in [0.05, 0.1) is 28.4 Å². The first kappa shape index (κ1) is 30.0. The molecule has 4 rings (SSSR count). The van der Waals surface area contributed by atoms with Crippen molar-refractivity contribution in [3.8, 4) is 0 Å². The normalized spacial score (nSPS) is 19.5. The Balaban J connectivity index is 1.76. The van der Waals surface area contributed by atoms with Crippen LogP contribution in [0.3, 0.4) is 0 Å². The number of carbonyl (C=O) groups excluding carboxylic acids is 3. The van der Waals surface area contributed by atoms with E-state index in [0.717, 1.165) is 17.0 Å². The van der Waals surface area contributed by atoms with E-state index in [-0.39, 0.29) is 30.1 Å². The summed E-state index contributed by atoms with van der Waals surface area (Å²) >= 11 is 6.01. The van der Waals surface area contributed by atoms with Crippen molar-refractivity contribution in [3.63, 3.8) is 0 Å². The second-order valence-electron chi connectivity index (χ2n) is 11.0. The van der Waals surface area contributed by atoms with E-state index < -0.39 is 55.7 Å². The summed E-state index contributed by atoms with van der Waals surface area (Å²) in [5.74, 6) is -3.03. The summed E-state index contributed by atoms with van der Waals surface area (Å²) in [6, 6.07) is 6.94. The maximum atomic E-state index is 15.3. The molecule has 1 fully saturated rings. The van der Waals surface area contributed by atoms with Crippen molar-refractivity contribution in [1.29, 1.82) is 0 Å². The van der Waals surface area contributed by atoms with Gasteiger partial charge in [-0.05, 0) is 69.4 Å². The minimum atomic E-state index is -4.30. The number of rotatable bonds is 6. The molecule has 2 aromatic carbocycles. The third kappa shape index (κ3) is 7.18. The summed E-state index contributed by atoms with van der Waals surface area (Å²) < 4.78 is 52.8. The third-order valence-electron chi connectivity index (χ3n) is 6.68. The fourth-order valence-corrected chi connectivity index (χ4v) is 6.46. The third-order valence-corrected chi connectivity index (χ3v) is 8.71. The Kier molecular flexibility index (Phi) is 8.86. The van der Waals surface area contributed by atoms with Crippen molar-refractivity contribution in [1.82, 2.24) is 5.32 Å². The lowest BCUT2D eigenvalue weighted by Crippen LogP contribution is -2.51. The number of nitrogens with one attached hydrogen (secondary N) is 1. The number of Topliss-reactive ketones (excluding diaryl/α,β-unsaturated/α-hetero) is 1. The van der Waals surface area contributed by atoms with E-state index in [0.29, 0.717) is 36.6 Å². The van der Waals surface area contributed by atoms with Gasteiger partial charge in [-0.2, -0.15) is 0 Å². The molecular formula is C28H32ClFN2O7S. The average Bonchev–Trinajstić information content (AvgIpc) is 2.93. The highest BCUT2D eigenvalue weighted by atomic mass is 35.5. The second kappa shape index (κ2) is 11.8. The first-order chi connectivity index (χ1) is 18.7. The molecule has 2 aromatic rings. The smallest absolute Gasteiger partial charge is 0.408 e. The molecule has 12 heteroatoms. The van der Waals surface area contributed by atoms with Crippen LogP contribution in [0, 0.1) is 11.7 Å². The minimum Gasteiger partial charge on any atom is -0.444 e. The Bertz CT molecular complexity index is 1400. The van der Waals surface area contributed by atoms with E-state index in [1.54, 1.807) is 45.0 Å². The highest BCUT2D eigenvalue weighted by molar-refractivity contribution is 7.91. The van der Waals surface area contributed by atoms with Gasteiger partial charge in [-0.25, -0.2) is 17.6 Å². The second-order valence-corrected chi connectivity index (χ2v) is 13.5. The zero-order valence-electron chi connectivity index (χ0n) is 22.5. The molecule has 0 radical (unpaired) electrons. The number of nitrogens with zero attached hydrogens (tertiary/aromatic N) is 1. The molecular weight excluding hydrogens is 563 g/mol. The van der Waals surface area contributed by atoms with Gasteiger partial charge >= 0.3 is 6.09 Å². The molecule has 1 atom stereocenters. The maximum absolute atomic E-state index is 15.3. The standard InChI is InChI=1S/C28H32ClFN2O7S/c1-28(2,3)39-27(35)31-22-16-40(36,37)25-14-21(30)20(24(33)12-17-8-10-38-11-9-17)13-23(25)32(26(22)34)15-18-4-6-19(29)7-5-18/h4-7,13-14,17,22H,8-12,15-16H2,1-3H3,(H,31,35)/t22-/m0/s1. The number of halogens is 2. The Morgan fingerprint density at radius 1 is 1.15 bits per heavy atom. The van der Waals surface area contributed by atoms with Crippen molar-refractivity contribution in [2.75, 3.05) is 23.9 Å². The fourth-order valence-electron chi connectivity index (χ4n) is 4.72. The van der Waals surface area contributed by atoms with Crippen LogP contribution in [0.25, 0.3) is 0 Å². The zero-order chi connectivity index (χ0) is 29.2. The number of amides is 2. The Hall–Kier alpha value is -3.02. The molecule has 9 nitrogen and oxygen atoms in total. The first-order valence-corrected chi connectivity index (χ1v) is 15.0. The number of hydrogen-bond acceptors (Lipinski definition) is 7. The van der Waals surface area contributed by atoms with Crippen molar-refractivity contribution < 1.29 is 36.7 Å². The van der Waals surface area contributed by atoms with Crippen molar-refractivity contribution in [3.05, 3.63) is 58.4 Å². The van der Waals surface area contributed by atoms with Crippen LogP contribution in [0.1, 0.15) is 56.0 Å². The molecule has 40 heavy (non-hydrogen) atoms. The summed E-state index contributed by atoms with van der Waals surface area (Å²) in [5.41, 5.74) is -0.734. The lowest BCUT2D eigenvalue weighted by molar-refractivity contribution is -0.120. The summed E-state index contributed by atoms with van der Waals surface area (Å²) in [7, 11) is -4.30. The van der Waals surface area contributed by atoms with Crippen molar-refractivity contribution >= 4 is 44.9 Å². The van der Waals surface area contributed by atoms with Crippen LogP contribution in [-0.4, -0.2) is 56.8 Å². The molecule has 0 aliphatic carbocycles. The van der Waals surface area contributed by atoms with Crippen LogP contribution in [-0.2, 0) is 30.7 Å². The SMILES string of the molecule is CC(C)(C)OC(=O)N[C@H]1CS(=O)(=O)c2cc(F)c(C(=O)CC3CCOCC3)cc2N(Cc2ccc(Cl)cc2)C1=O. The van der Waals surface area contributed by atoms with Gasteiger partial charge < -0.3 is 19.7 Å². The van der Waals surface area contributed by atoms with Crippen molar-refractivity contribution in [2.45, 2.75) is 63.1 Å². The fraction of sp³-hybridized carbons (Fsp3) is 0.464. The van der Waals surface area contributed by atoms with Gasteiger partial charge in [0.15, 0.2) is 15.6 Å². The number of anilines is 1. The summed E-state index contributed by atoms with van der Waals surface area (Å²) in [6.07, 6.45) is 0.411. The van der Waals surface area contributed by atoms with Gasteiger partial charge in [-0.3, -0.25) is 9.59 Å². The number of alkyl carbamates (subject to hydrolysis) is 1. The van der Waals surface area contributed by atoms with Crippen molar-refractivity contribution in [2.24, 2.45) is 5.92 Å². The molecule has 2 aliphatic heterocycles. The van der Waals surface area contributed by atoms with E-state index in [4.69, 9.17) is 21.1 Å². The number of ether oxygens (including phenoxy) is 2. The van der Waals surface area contributed by atoms with Crippen LogP contribution < -0.4 is 10.2 Å². The lowest BCUT2D eigenvalue weighted by Gasteiger charge is -2.27. The maximum Gasteiger partial charge on any atom is 0.408 e. The quantitative estimate of drug-likeness (QED) is 0.482. The predicted molar refractivity (Wildman–Crippen MR) is 147 cm³/mol. The summed E-state index contributed by atoms with van der Waals surface area (Å²) in [5, 5.41) is 2.82. The first-order valence-electron chi connectivity index (χ1n) is 13.0.